The first-order valence-electron chi connectivity index (χ1n) is 14.4. The van der Waals surface area contributed by atoms with E-state index in [0.717, 1.165) is 5.52 Å². The van der Waals surface area contributed by atoms with Crippen LogP contribution >= 0.6 is 0 Å². The molecule has 220 valence electrons. The second-order valence-corrected chi connectivity index (χ2v) is 11.4. The summed E-state index contributed by atoms with van der Waals surface area (Å²) in [6.07, 6.45) is 6.76. The van der Waals surface area contributed by atoms with Gasteiger partial charge in [-0.15, -0.1) is 18.3 Å². The van der Waals surface area contributed by atoms with Crippen LogP contribution in [0.5, 0.6) is 0 Å². The van der Waals surface area contributed by atoms with Crippen LogP contribution in [0.3, 0.4) is 0 Å². The number of unbranched alkanes of at least 4 members (excludes halogenated alkanes) is 2. The lowest BCUT2D eigenvalue weighted by molar-refractivity contribution is -0.160. The Hall–Kier alpha value is -3.57. The molecule has 1 aromatic heterocycles. The van der Waals surface area contributed by atoms with Crippen LogP contribution in [-0.4, -0.2) is 91.2 Å². The first-order chi connectivity index (χ1) is 19.8. The molecule has 1 N–H and O–H groups in total. The van der Waals surface area contributed by atoms with Crippen molar-refractivity contribution in [3.05, 3.63) is 49.6 Å². The molecule has 0 saturated carbocycles. The molecular formula is C30H39N5O6. The molecule has 3 aliphatic heterocycles. The average molecular weight is 566 g/mol. The van der Waals surface area contributed by atoms with Crippen molar-refractivity contribution in [1.29, 1.82) is 0 Å². The third-order valence-electron chi connectivity index (χ3n) is 8.75. The van der Waals surface area contributed by atoms with Gasteiger partial charge in [-0.05, 0) is 57.6 Å². The van der Waals surface area contributed by atoms with Gasteiger partial charge in [0.25, 0.3) is 0 Å². The van der Waals surface area contributed by atoms with Gasteiger partial charge in [0.1, 0.15) is 29.7 Å². The summed E-state index contributed by atoms with van der Waals surface area (Å²) in [5.74, 6) is -2.67. The summed E-state index contributed by atoms with van der Waals surface area (Å²) < 4.78 is 13.9. The van der Waals surface area contributed by atoms with E-state index in [2.05, 4.69) is 23.5 Å². The number of fused-ring (bicyclic) bond motifs is 2. The Labute approximate surface area is 239 Å². The lowest BCUT2D eigenvalue weighted by Crippen LogP contribution is -2.56. The normalized spacial score (nSPS) is 28.2. The van der Waals surface area contributed by atoms with Gasteiger partial charge < -0.3 is 24.4 Å². The number of benzene rings is 1. The molecule has 2 aromatic rings. The summed E-state index contributed by atoms with van der Waals surface area (Å²) in [5, 5.41) is 17.9. The van der Waals surface area contributed by atoms with Crippen LogP contribution in [0, 0.1) is 11.8 Å². The molecule has 3 saturated heterocycles. The number of hydrogen-bond donors (Lipinski definition) is 1. The van der Waals surface area contributed by atoms with Crippen molar-refractivity contribution in [3.63, 3.8) is 0 Å². The largest absolute Gasteiger partial charge is 0.465 e. The summed E-state index contributed by atoms with van der Waals surface area (Å²) in [5.41, 5.74) is -0.579. The molecule has 1 aromatic carbocycles. The van der Waals surface area contributed by atoms with Crippen molar-refractivity contribution in [2.24, 2.45) is 11.8 Å². The smallest absolute Gasteiger partial charge is 0.312 e. The minimum absolute atomic E-state index is 0.0224. The van der Waals surface area contributed by atoms with E-state index in [1.165, 1.54) is 0 Å². The van der Waals surface area contributed by atoms with Gasteiger partial charge >= 0.3 is 5.97 Å². The highest BCUT2D eigenvalue weighted by Crippen LogP contribution is 2.63. The molecular weight excluding hydrogens is 526 g/mol. The van der Waals surface area contributed by atoms with E-state index in [4.69, 9.17) is 9.47 Å². The van der Waals surface area contributed by atoms with Gasteiger partial charge in [0.2, 0.25) is 11.8 Å². The quantitative estimate of drug-likeness (QED) is 0.210. The van der Waals surface area contributed by atoms with E-state index < -0.39 is 35.0 Å². The Morgan fingerprint density at radius 3 is 2.78 bits per heavy atom. The van der Waals surface area contributed by atoms with Gasteiger partial charge in [-0.2, -0.15) is 0 Å². The number of nitrogens with zero attached hydrogens (tertiary/aromatic N) is 5. The summed E-state index contributed by atoms with van der Waals surface area (Å²) in [7, 11) is 0. The number of carbonyl (C=O) groups excluding carboxylic acids is 3. The Morgan fingerprint density at radius 2 is 2.02 bits per heavy atom. The van der Waals surface area contributed by atoms with Crippen molar-refractivity contribution in [3.8, 4) is 0 Å². The molecule has 2 amide bonds. The Morgan fingerprint density at radius 1 is 1.22 bits per heavy atom. The second kappa shape index (κ2) is 11.7. The van der Waals surface area contributed by atoms with Gasteiger partial charge in [-0.1, -0.05) is 29.5 Å². The van der Waals surface area contributed by atoms with Crippen molar-refractivity contribution in [2.75, 3.05) is 26.3 Å². The van der Waals surface area contributed by atoms with Gasteiger partial charge in [-0.25, -0.2) is 4.68 Å². The van der Waals surface area contributed by atoms with Crippen molar-refractivity contribution in [2.45, 2.75) is 69.4 Å². The molecule has 2 unspecified atom stereocenters. The first-order valence-corrected chi connectivity index (χ1v) is 14.4. The van der Waals surface area contributed by atoms with Crippen LogP contribution in [0.1, 0.15) is 45.4 Å². The number of rotatable bonds is 14. The van der Waals surface area contributed by atoms with E-state index in [9.17, 15) is 19.5 Å². The van der Waals surface area contributed by atoms with E-state index >= 15 is 0 Å². The number of ether oxygens (including phenoxy) is 2. The fraction of sp³-hybridized carbons (Fsp3) is 0.567. The number of aromatic nitrogens is 3. The van der Waals surface area contributed by atoms with Crippen LogP contribution in [0.15, 0.2) is 49.6 Å². The highest BCUT2D eigenvalue weighted by atomic mass is 16.6. The van der Waals surface area contributed by atoms with Crippen molar-refractivity contribution >= 4 is 28.8 Å². The van der Waals surface area contributed by atoms with Crippen LogP contribution < -0.4 is 0 Å². The molecule has 3 fully saturated rings. The number of hydrogen-bond acceptors (Lipinski definition) is 8. The van der Waals surface area contributed by atoms with E-state index in [-0.39, 0.29) is 44.8 Å². The molecule has 3 aliphatic rings. The maximum atomic E-state index is 14.5. The van der Waals surface area contributed by atoms with Crippen LogP contribution in [-0.2, 0) is 30.5 Å². The first kappa shape index (κ1) is 28.9. The number of likely N-dealkylation sites (tertiary alicyclic amines) is 1. The Balaban J connectivity index is 1.48. The topological polar surface area (TPSA) is 127 Å². The molecule has 0 radical (unpaired) electrons. The Kier molecular flexibility index (Phi) is 8.28. The zero-order valence-electron chi connectivity index (χ0n) is 23.6. The van der Waals surface area contributed by atoms with Crippen LogP contribution in [0.25, 0.3) is 11.0 Å². The minimum atomic E-state index is -1.16. The van der Waals surface area contributed by atoms with Crippen LogP contribution in [0.2, 0.25) is 0 Å². The standard InChI is InChI=1S/C30H39N5O6/c1-4-6-11-19-40-28(39)24-23-26(37)34(17-9-10-18-36)25(30(23)15-14-29(24,3)41-30)27(38)33(16-5-2)20-35-22-13-8-7-12-21(22)31-32-35/h4-5,7-8,12-13,23-25,36H,1-2,6,9-11,14-20H2,3H3/t23-,24+,25?,29-,30?/m0/s1. The zero-order valence-corrected chi connectivity index (χ0v) is 23.6. The SMILES string of the molecule is C=CCCCOC(=O)[C@H]1[C@H]2C(=O)N(CCCCO)C(C(=O)N(CC=C)Cn3nnc4ccccc43)C23CC[C@]1(C)O3. The third-order valence-corrected chi connectivity index (χ3v) is 8.75. The highest BCUT2D eigenvalue weighted by Gasteiger charge is 2.78. The number of carbonyl (C=O) groups is 3. The fourth-order valence-corrected chi connectivity index (χ4v) is 6.92. The predicted octanol–water partition coefficient (Wildman–Crippen LogP) is 2.45. The summed E-state index contributed by atoms with van der Waals surface area (Å²) in [6.45, 7) is 10.2. The molecule has 1 spiro atoms. The molecule has 0 aliphatic carbocycles. The second-order valence-electron chi connectivity index (χ2n) is 11.4. The Bertz CT molecular complexity index is 1330. The minimum Gasteiger partial charge on any atom is -0.465 e. The lowest BCUT2D eigenvalue weighted by atomic mass is 9.66. The number of aliphatic hydroxyl groups excluding tert-OH is 1. The molecule has 2 bridgehead atoms. The van der Waals surface area contributed by atoms with Crippen molar-refractivity contribution < 1.29 is 29.0 Å². The number of esters is 1. The van der Waals surface area contributed by atoms with Gasteiger partial charge in [0.05, 0.1) is 23.6 Å². The summed E-state index contributed by atoms with van der Waals surface area (Å²) >= 11 is 0. The monoisotopic (exact) mass is 565 g/mol. The maximum absolute atomic E-state index is 14.5. The van der Waals surface area contributed by atoms with Gasteiger partial charge in [-0.3, -0.25) is 14.4 Å². The van der Waals surface area contributed by atoms with E-state index in [0.29, 0.717) is 44.0 Å². The van der Waals surface area contributed by atoms with Crippen molar-refractivity contribution in [1.82, 2.24) is 24.8 Å². The maximum Gasteiger partial charge on any atom is 0.312 e. The fourth-order valence-electron chi connectivity index (χ4n) is 6.92. The predicted molar refractivity (Wildman–Crippen MR) is 150 cm³/mol. The van der Waals surface area contributed by atoms with Crippen LogP contribution in [0.4, 0.5) is 0 Å². The highest BCUT2D eigenvalue weighted by molar-refractivity contribution is 5.98. The van der Waals surface area contributed by atoms with E-state index in [1.807, 2.05) is 31.2 Å². The lowest BCUT2D eigenvalue weighted by Gasteiger charge is -2.36. The number of amides is 2. The molecule has 5 atom stereocenters. The molecule has 41 heavy (non-hydrogen) atoms. The summed E-state index contributed by atoms with van der Waals surface area (Å²) in [4.78, 5) is 45.2. The summed E-state index contributed by atoms with van der Waals surface area (Å²) in [6, 6.07) is 6.55. The molecule has 11 nitrogen and oxygen atoms in total. The molecule has 4 heterocycles. The van der Waals surface area contributed by atoms with Gasteiger partial charge in [0, 0.05) is 19.7 Å². The average Bonchev–Trinajstić information content (AvgIpc) is 3.66. The van der Waals surface area contributed by atoms with E-state index in [1.54, 1.807) is 26.6 Å². The zero-order chi connectivity index (χ0) is 29.2. The number of allylic oxidation sites excluding steroid dienone is 1. The number of para-hydroxylation sites is 1. The number of aliphatic hydroxyl groups is 1. The van der Waals surface area contributed by atoms with Gasteiger partial charge in [0.15, 0.2) is 0 Å². The third kappa shape index (κ3) is 4.95. The molecule has 5 rings (SSSR count). The molecule has 11 heteroatoms.